The largest absolute Gasteiger partial charge is 0.483 e. The van der Waals surface area contributed by atoms with Crippen LogP contribution in [0.25, 0.3) is 0 Å². The predicted octanol–water partition coefficient (Wildman–Crippen LogP) is 2.06. The lowest BCUT2D eigenvalue weighted by Crippen LogP contribution is -2.47. The number of benzene rings is 1. The first-order chi connectivity index (χ1) is 9.61. The van der Waals surface area contributed by atoms with Gasteiger partial charge in [0.05, 0.1) is 12.6 Å². The fourth-order valence-corrected chi connectivity index (χ4v) is 2.60. The van der Waals surface area contributed by atoms with E-state index in [4.69, 9.17) is 4.74 Å². The second-order valence-electron chi connectivity index (χ2n) is 5.48. The van der Waals surface area contributed by atoms with Crippen LogP contribution in [0.2, 0.25) is 0 Å². The lowest BCUT2D eigenvalue weighted by molar-refractivity contribution is -0.138. The number of aliphatic hydroxyl groups excluding tert-OH is 1. The van der Waals surface area contributed by atoms with Gasteiger partial charge in [-0.3, -0.25) is 4.79 Å². The molecule has 1 amide bonds. The molecule has 1 saturated heterocycles. The number of nitrogens with zero attached hydrogens (tertiary/aromatic N) is 1. The van der Waals surface area contributed by atoms with Gasteiger partial charge in [0.2, 0.25) is 0 Å². The number of piperidine rings is 1. The minimum absolute atomic E-state index is 0.0369. The molecular formula is C16H23NO3. The molecule has 1 aromatic rings. The summed E-state index contributed by atoms with van der Waals surface area (Å²) in [7, 11) is 0. The van der Waals surface area contributed by atoms with Gasteiger partial charge < -0.3 is 14.7 Å². The van der Waals surface area contributed by atoms with Gasteiger partial charge in [-0.15, -0.1) is 0 Å². The molecule has 1 aliphatic heterocycles. The zero-order valence-corrected chi connectivity index (χ0v) is 12.3. The van der Waals surface area contributed by atoms with Crippen LogP contribution in [-0.4, -0.2) is 41.7 Å². The highest BCUT2D eigenvalue weighted by molar-refractivity contribution is 5.78. The number of ether oxygens (including phenoxy) is 1. The molecule has 1 atom stereocenters. The van der Waals surface area contributed by atoms with E-state index in [1.54, 1.807) is 4.90 Å². The highest BCUT2D eigenvalue weighted by Gasteiger charge is 2.26. The van der Waals surface area contributed by atoms with Crippen molar-refractivity contribution in [3.63, 3.8) is 0 Å². The lowest BCUT2D eigenvalue weighted by atomic mass is 10.0. The van der Waals surface area contributed by atoms with Gasteiger partial charge in [-0.05, 0) is 50.3 Å². The van der Waals surface area contributed by atoms with Crippen LogP contribution < -0.4 is 4.74 Å². The van der Waals surface area contributed by atoms with Crippen molar-refractivity contribution < 1.29 is 14.6 Å². The Morgan fingerprint density at radius 3 is 2.95 bits per heavy atom. The molecule has 0 bridgehead atoms. The summed E-state index contributed by atoms with van der Waals surface area (Å²) in [5, 5.41) is 9.34. The quantitative estimate of drug-likeness (QED) is 0.916. The van der Waals surface area contributed by atoms with Crippen molar-refractivity contribution in [3.8, 4) is 5.75 Å². The van der Waals surface area contributed by atoms with Crippen LogP contribution in [0.4, 0.5) is 0 Å². The Labute approximate surface area is 120 Å². The molecule has 1 unspecified atom stereocenters. The van der Waals surface area contributed by atoms with E-state index in [2.05, 4.69) is 0 Å². The monoisotopic (exact) mass is 277 g/mol. The molecule has 1 N–H and O–H groups in total. The molecular weight excluding hydrogens is 254 g/mol. The third-order valence-corrected chi connectivity index (χ3v) is 3.85. The number of hydrogen-bond donors (Lipinski definition) is 1. The van der Waals surface area contributed by atoms with Crippen molar-refractivity contribution in [3.05, 3.63) is 29.3 Å². The molecule has 1 aromatic carbocycles. The Kier molecular flexibility index (Phi) is 5.01. The van der Waals surface area contributed by atoms with Crippen molar-refractivity contribution in [2.45, 2.75) is 39.2 Å². The molecule has 0 saturated carbocycles. The summed E-state index contributed by atoms with van der Waals surface area (Å²) in [6.45, 7) is 4.77. The SMILES string of the molecule is Cc1ccc(C)c(OCC(=O)N2CCCCC2CO)c1. The first-order valence-electron chi connectivity index (χ1n) is 7.22. The van der Waals surface area contributed by atoms with E-state index in [9.17, 15) is 9.90 Å². The molecule has 0 spiro atoms. The van der Waals surface area contributed by atoms with Crippen molar-refractivity contribution >= 4 is 5.91 Å². The van der Waals surface area contributed by atoms with Gasteiger partial charge in [0.15, 0.2) is 6.61 Å². The van der Waals surface area contributed by atoms with Crippen LogP contribution in [-0.2, 0) is 4.79 Å². The minimum Gasteiger partial charge on any atom is -0.483 e. The summed E-state index contributed by atoms with van der Waals surface area (Å²) < 4.78 is 5.65. The first kappa shape index (κ1) is 14.9. The molecule has 1 fully saturated rings. The number of likely N-dealkylation sites (tertiary alicyclic amines) is 1. The van der Waals surface area contributed by atoms with Gasteiger partial charge in [-0.1, -0.05) is 12.1 Å². The second kappa shape index (κ2) is 6.75. The van der Waals surface area contributed by atoms with Gasteiger partial charge in [0.1, 0.15) is 5.75 Å². The zero-order chi connectivity index (χ0) is 14.5. The van der Waals surface area contributed by atoms with E-state index in [0.717, 1.165) is 42.7 Å². The van der Waals surface area contributed by atoms with E-state index in [1.807, 2.05) is 32.0 Å². The summed E-state index contributed by atoms with van der Waals surface area (Å²) in [5.41, 5.74) is 2.14. The van der Waals surface area contributed by atoms with Crippen LogP contribution in [0.1, 0.15) is 30.4 Å². The van der Waals surface area contributed by atoms with Crippen LogP contribution in [0.3, 0.4) is 0 Å². The number of aliphatic hydroxyl groups is 1. The number of hydrogen-bond acceptors (Lipinski definition) is 3. The van der Waals surface area contributed by atoms with Gasteiger partial charge in [0, 0.05) is 6.54 Å². The Morgan fingerprint density at radius 1 is 1.40 bits per heavy atom. The summed E-state index contributed by atoms with van der Waals surface area (Å²) in [6, 6.07) is 5.92. The maximum atomic E-state index is 12.2. The van der Waals surface area contributed by atoms with Crippen LogP contribution in [0, 0.1) is 13.8 Å². The van der Waals surface area contributed by atoms with E-state index in [0.29, 0.717) is 0 Å². The average molecular weight is 277 g/mol. The van der Waals surface area contributed by atoms with Crippen molar-refractivity contribution in [1.82, 2.24) is 4.90 Å². The topological polar surface area (TPSA) is 49.8 Å². The lowest BCUT2D eigenvalue weighted by Gasteiger charge is -2.34. The first-order valence-corrected chi connectivity index (χ1v) is 7.22. The van der Waals surface area contributed by atoms with Crippen molar-refractivity contribution in [1.29, 1.82) is 0 Å². The molecule has 0 aliphatic carbocycles. The average Bonchev–Trinajstić information content (AvgIpc) is 2.47. The summed E-state index contributed by atoms with van der Waals surface area (Å²) in [6.07, 6.45) is 2.96. The molecule has 4 nitrogen and oxygen atoms in total. The third kappa shape index (κ3) is 3.51. The standard InChI is InChI=1S/C16H23NO3/c1-12-6-7-13(2)15(9-12)20-11-16(19)17-8-4-3-5-14(17)10-18/h6-7,9,14,18H,3-5,8,10-11H2,1-2H3. The molecule has 2 rings (SSSR count). The van der Waals surface area contributed by atoms with Gasteiger partial charge in [0.25, 0.3) is 5.91 Å². The maximum absolute atomic E-state index is 12.2. The summed E-state index contributed by atoms with van der Waals surface area (Å²) in [5.74, 6) is 0.723. The smallest absolute Gasteiger partial charge is 0.260 e. The Balaban J connectivity index is 1.95. The molecule has 1 aliphatic rings. The number of carbonyl (C=O) groups excluding carboxylic acids is 1. The summed E-state index contributed by atoms with van der Waals surface area (Å²) in [4.78, 5) is 14.0. The van der Waals surface area contributed by atoms with Gasteiger partial charge in [-0.25, -0.2) is 0 Å². The Hall–Kier alpha value is -1.55. The highest BCUT2D eigenvalue weighted by Crippen LogP contribution is 2.20. The zero-order valence-electron chi connectivity index (χ0n) is 12.3. The van der Waals surface area contributed by atoms with E-state index < -0.39 is 0 Å². The van der Waals surface area contributed by atoms with Gasteiger partial charge in [-0.2, -0.15) is 0 Å². The number of aryl methyl sites for hydroxylation is 2. The van der Waals surface area contributed by atoms with Crippen LogP contribution in [0.5, 0.6) is 5.75 Å². The number of amides is 1. The van der Waals surface area contributed by atoms with E-state index in [-0.39, 0.29) is 25.2 Å². The van der Waals surface area contributed by atoms with Crippen molar-refractivity contribution in [2.75, 3.05) is 19.8 Å². The molecule has 20 heavy (non-hydrogen) atoms. The predicted molar refractivity (Wildman–Crippen MR) is 77.8 cm³/mol. The fraction of sp³-hybridized carbons (Fsp3) is 0.562. The summed E-state index contributed by atoms with van der Waals surface area (Å²) >= 11 is 0. The molecule has 0 aromatic heterocycles. The molecule has 1 heterocycles. The second-order valence-corrected chi connectivity index (χ2v) is 5.48. The maximum Gasteiger partial charge on any atom is 0.260 e. The molecule has 0 radical (unpaired) electrons. The van der Waals surface area contributed by atoms with E-state index >= 15 is 0 Å². The molecule has 4 heteroatoms. The van der Waals surface area contributed by atoms with E-state index in [1.165, 1.54) is 0 Å². The Morgan fingerprint density at radius 2 is 2.20 bits per heavy atom. The van der Waals surface area contributed by atoms with Crippen LogP contribution in [0.15, 0.2) is 18.2 Å². The minimum atomic E-state index is -0.0431. The normalized spacial score (nSPS) is 18.9. The highest BCUT2D eigenvalue weighted by atomic mass is 16.5. The third-order valence-electron chi connectivity index (χ3n) is 3.85. The number of carbonyl (C=O) groups is 1. The molecule has 110 valence electrons. The van der Waals surface area contributed by atoms with Crippen LogP contribution >= 0.6 is 0 Å². The fourth-order valence-electron chi connectivity index (χ4n) is 2.60. The van der Waals surface area contributed by atoms with Gasteiger partial charge >= 0.3 is 0 Å². The van der Waals surface area contributed by atoms with Crippen molar-refractivity contribution in [2.24, 2.45) is 0 Å². The Bertz CT molecular complexity index is 473. The number of rotatable bonds is 4.